The summed E-state index contributed by atoms with van der Waals surface area (Å²) in [5, 5.41) is 26.7. The van der Waals surface area contributed by atoms with Crippen LogP contribution in [0.25, 0.3) is 0 Å². The third kappa shape index (κ3) is 3.69. The molecule has 1 heterocycles. The van der Waals surface area contributed by atoms with Gasteiger partial charge in [0.05, 0.1) is 23.7 Å². The minimum atomic E-state index is -0.964. The van der Waals surface area contributed by atoms with Gasteiger partial charge in [-0.2, -0.15) is 0 Å². The molecule has 1 rings (SSSR count). The number of carboxylic acid groups (broad SMARTS) is 1. The van der Waals surface area contributed by atoms with Crippen LogP contribution >= 0.6 is 11.8 Å². The molecule has 86 valence electrons. The number of rotatable bonds is 4. The third-order valence-corrected chi connectivity index (χ3v) is 2.96. The molecule has 0 aromatic rings. The van der Waals surface area contributed by atoms with Crippen LogP contribution in [0.4, 0.5) is 0 Å². The van der Waals surface area contributed by atoms with Gasteiger partial charge in [0.1, 0.15) is 0 Å². The second kappa shape index (κ2) is 5.34. The molecule has 0 bridgehead atoms. The van der Waals surface area contributed by atoms with Crippen molar-refractivity contribution in [3.8, 4) is 0 Å². The predicted molar refractivity (Wildman–Crippen MR) is 53.6 cm³/mol. The van der Waals surface area contributed by atoms with Gasteiger partial charge in [0.25, 0.3) is 0 Å². The first-order chi connectivity index (χ1) is 7.00. The van der Waals surface area contributed by atoms with Crippen LogP contribution in [0, 0.1) is 0 Å². The molecule has 6 nitrogen and oxygen atoms in total. The summed E-state index contributed by atoms with van der Waals surface area (Å²) in [4.78, 5) is 22.9. The molecular formula is C8H13NO5S. The standard InChI is InChI=1S/C8H13NO5S/c10-5-1-9(2-6(5)11)7(12)3-15-4-8(13)14/h5-6,10-11H,1-4H2,(H,13,14)/t5-,6+. The van der Waals surface area contributed by atoms with E-state index in [2.05, 4.69) is 0 Å². The number of β-amino-alcohol motifs (C(OH)–C–C–N with tert-alkyl or cyclic N) is 2. The van der Waals surface area contributed by atoms with E-state index in [1.165, 1.54) is 4.90 Å². The zero-order valence-electron chi connectivity index (χ0n) is 8.00. The van der Waals surface area contributed by atoms with Gasteiger partial charge in [-0.3, -0.25) is 9.59 Å². The third-order valence-electron chi connectivity index (χ3n) is 2.06. The van der Waals surface area contributed by atoms with E-state index in [0.29, 0.717) is 0 Å². The SMILES string of the molecule is O=C(O)CSCC(=O)N1C[C@@H](O)[C@@H](O)C1. The smallest absolute Gasteiger partial charge is 0.313 e. The Balaban J connectivity index is 2.26. The molecule has 0 radical (unpaired) electrons. The quantitative estimate of drug-likeness (QED) is 0.541. The average Bonchev–Trinajstić information content (AvgIpc) is 2.46. The van der Waals surface area contributed by atoms with Crippen LogP contribution in [-0.4, -0.2) is 68.9 Å². The highest BCUT2D eigenvalue weighted by molar-refractivity contribution is 8.00. The van der Waals surface area contributed by atoms with Crippen molar-refractivity contribution in [2.24, 2.45) is 0 Å². The number of carbonyl (C=O) groups excluding carboxylic acids is 1. The summed E-state index contributed by atoms with van der Waals surface area (Å²) in [6, 6.07) is 0. The van der Waals surface area contributed by atoms with Gasteiger partial charge in [0, 0.05) is 13.1 Å². The molecule has 0 aromatic carbocycles. The minimum Gasteiger partial charge on any atom is -0.481 e. The molecule has 1 aliphatic heterocycles. The number of carboxylic acids is 1. The molecule has 15 heavy (non-hydrogen) atoms. The van der Waals surface area contributed by atoms with Crippen molar-refractivity contribution in [2.45, 2.75) is 12.2 Å². The minimum absolute atomic E-state index is 0.0612. The van der Waals surface area contributed by atoms with E-state index in [-0.39, 0.29) is 30.5 Å². The lowest BCUT2D eigenvalue weighted by atomic mass is 10.3. The Morgan fingerprint density at radius 1 is 1.20 bits per heavy atom. The molecule has 1 saturated heterocycles. The van der Waals surface area contributed by atoms with Gasteiger partial charge < -0.3 is 20.2 Å². The van der Waals surface area contributed by atoms with Crippen molar-refractivity contribution in [3.05, 3.63) is 0 Å². The maximum Gasteiger partial charge on any atom is 0.313 e. The molecule has 1 aliphatic rings. The van der Waals surface area contributed by atoms with Gasteiger partial charge in [-0.25, -0.2) is 0 Å². The fourth-order valence-electron chi connectivity index (χ4n) is 1.29. The maximum absolute atomic E-state index is 11.4. The summed E-state index contributed by atoms with van der Waals surface area (Å²) in [7, 11) is 0. The monoisotopic (exact) mass is 235 g/mol. The summed E-state index contributed by atoms with van der Waals surface area (Å²) < 4.78 is 0. The van der Waals surface area contributed by atoms with E-state index in [1.807, 2.05) is 0 Å². The number of amides is 1. The van der Waals surface area contributed by atoms with Crippen LogP contribution in [0.2, 0.25) is 0 Å². The van der Waals surface area contributed by atoms with E-state index < -0.39 is 18.2 Å². The van der Waals surface area contributed by atoms with Gasteiger partial charge >= 0.3 is 5.97 Å². The Labute approximate surface area is 90.9 Å². The van der Waals surface area contributed by atoms with Gasteiger partial charge in [0.2, 0.25) is 5.91 Å². The van der Waals surface area contributed by atoms with Crippen LogP contribution in [0.15, 0.2) is 0 Å². The lowest BCUT2D eigenvalue weighted by Gasteiger charge is -2.14. The first kappa shape index (κ1) is 12.3. The first-order valence-corrected chi connectivity index (χ1v) is 5.59. The molecule has 3 N–H and O–H groups in total. The highest BCUT2D eigenvalue weighted by Crippen LogP contribution is 2.12. The Bertz CT molecular complexity index is 249. The molecule has 0 saturated carbocycles. The summed E-state index contributed by atoms with van der Waals surface area (Å²) in [6.45, 7) is 0.237. The summed E-state index contributed by atoms with van der Waals surface area (Å²) in [5.41, 5.74) is 0. The zero-order valence-corrected chi connectivity index (χ0v) is 8.81. The molecule has 2 atom stereocenters. The highest BCUT2D eigenvalue weighted by Gasteiger charge is 2.32. The first-order valence-electron chi connectivity index (χ1n) is 4.44. The Morgan fingerprint density at radius 3 is 2.20 bits per heavy atom. The summed E-state index contributed by atoms with van der Waals surface area (Å²) >= 11 is 1.00. The number of nitrogens with zero attached hydrogens (tertiary/aromatic N) is 1. The van der Waals surface area contributed by atoms with Gasteiger partial charge in [-0.15, -0.1) is 11.8 Å². The fourth-order valence-corrected chi connectivity index (χ4v) is 1.92. The zero-order chi connectivity index (χ0) is 11.4. The van der Waals surface area contributed by atoms with E-state index in [1.54, 1.807) is 0 Å². The Morgan fingerprint density at radius 2 is 1.73 bits per heavy atom. The van der Waals surface area contributed by atoms with Crippen LogP contribution in [-0.2, 0) is 9.59 Å². The molecule has 1 amide bonds. The van der Waals surface area contributed by atoms with Gasteiger partial charge in [0.15, 0.2) is 0 Å². The lowest BCUT2D eigenvalue weighted by molar-refractivity contribution is -0.133. The van der Waals surface area contributed by atoms with E-state index in [0.717, 1.165) is 11.8 Å². The van der Waals surface area contributed by atoms with Crippen molar-refractivity contribution in [3.63, 3.8) is 0 Å². The molecule has 1 fully saturated rings. The molecule has 0 aliphatic carbocycles. The number of aliphatic hydroxyl groups is 2. The van der Waals surface area contributed by atoms with E-state index in [4.69, 9.17) is 5.11 Å². The van der Waals surface area contributed by atoms with Crippen molar-refractivity contribution in [2.75, 3.05) is 24.6 Å². The van der Waals surface area contributed by atoms with Gasteiger partial charge in [-0.05, 0) is 0 Å². The van der Waals surface area contributed by atoms with Crippen LogP contribution in [0.1, 0.15) is 0 Å². The Hall–Kier alpha value is -0.790. The number of likely N-dealkylation sites (tertiary alicyclic amines) is 1. The molecule has 0 spiro atoms. The molecule has 0 aromatic heterocycles. The lowest BCUT2D eigenvalue weighted by Crippen LogP contribution is -2.31. The molecule has 7 heteroatoms. The number of carbonyl (C=O) groups is 2. The Kier molecular flexibility index (Phi) is 4.37. The summed E-state index contributed by atoms with van der Waals surface area (Å²) in [5.74, 6) is -1.28. The number of thioether (sulfide) groups is 1. The number of hydrogen-bond donors (Lipinski definition) is 3. The number of hydrogen-bond acceptors (Lipinski definition) is 5. The number of aliphatic carboxylic acids is 1. The second-order valence-electron chi connectivity index (χ2n) is 3.32. The van der Waals surface area contributed by atoms with Crippen molar-refractivity contribution in [1.29, 1.82) is 0 Å². The topological polar surface area (TPSA) is 98.1 Å². The average molecular weight is 235 g/mol. The highest BCUT2D eigenvalue weighted by atomic mass is 32.2. The van der Waals surface area contributed by atoms with Crippen LogP contribution in [0.5, 0.6) is 0 Å². The van der Waals surface area contributed by atoms with E-state index in [9.17, 15) is 19.8 Å². The van der Waals surface area contributed by atoms with E-state index >= 15 is 0 Å². The van der Waals surface area contributed by atoms with Crippen molar-refractivity contribution in [1.82, 2.24) is 4.90 Å². The van der Waals surface area contributed by atoms with Crippen LogP contribution < -0.4 is 0 Å². The molecular weight excluding hydrogens is 222 g/mol. The normalized spacial score (nSPS) is 25.6. The second-order valence-corrected chi connectivity index (χ2v) is 4.31. The largest absolute Gasteiger partial charge is 0.481 e. The van der Waals surface area contributed by atoms with Gasteiger partial charge in [-0.1, -0.05) is 0 Å². The fraction of sp³-hybridized carbons (Fsp3) is 0.750. The van der Waals surface area contributed by atoms with Crippen molar-refractivity contribution >= 4 is 23.6 Å². The molecule has 0 unspecified atom stereocenters. The predicted octanol–water partition coefficient (Wildman–Crippen LogP) is -1.63. The van der Waals surface area contributed by atoms with Crippen LogP contribution in [0.3, 0.4) is 0 Å². The van der Waals surface area contributed by atoms with Crippen molar-refractivity contribution < 1.29 is 24.9 Å². The summed E-state index contributed by atoms with van der Waals surface area (Å²) in [6.07, 6.45) is -1.78. The maximum atomic E-state index is 11.4. The number of aliphatic hydroxyl groups excluding tert-OH is 2.